The molecule has 0 N–H and O–H groups in total. The van der Waals surface area contributed by atoms with E-state index in [0.29, 0.717) is 24.3 Å². The lowest BCUT2D eigenvalue weighted by atomic mass is 9.72. The van der Waals surface area contributed by atoms with Crippen LogP contribution in [-0.2, 0) is 19.1 Å². The second-order valence-electron chi connectivity index (χ2n) is 6.53. The first-order chi connectivity index (χ1) is 12.5. The lowest BCUT2D eigenvalue weighted by molar-refractivity contribution is -0.147. The van der Waals surface area contributed by atoms with Gasteiger partial charge in [0.2, 0.25) is 0 Å². The van der Waals surface area contributed by atoms with E-state index < -0.39 is 5.92 Å². The van der Waals surface area contributed by atoms with Crippen molar-refractivity contribution in [1.29, 1.82) is 0 Å². The summed E-state index contributed by atoms with van der Waals surface area (Å²) in [6.45, 7) is 2.36. The molecule has 138 valence electrons. The van der Waals surface area contributed by atoms with Crippen molar-refractivity contribution in [3.63, 3.8) is 0 Å². The summed E-state index contributed by atoms with van der Waals surface area (Å²) in [6, 6.07) is 7.72. The van der Waals surface area contributed by atoms with E-state index in [1.165, 1.54) is 0 Å². The van der Waals surface area contributed by atoms with E-state index >= 15 is 0 Å². The first-order valence-electron chi connectivity index (χ1n) is 8.76. The fourth-order valence-electron chi connectivity index (χ4n) is 3.69. The summed E-state index contributed by atoms with van der Waals surface area (Å²) >= 11 is 3.58. The molecule has 2 atom stereocenters. The Bertz CT molecular complexity index is 784. The van der Waals surface area contributed by atoms with Crippen LogP contribution in [0.4, 0.5) is 0 Å². The highest BCUT2D eigenvalue weighted by Gasteiger charge is 2.43. The SMILES string of the molecule is COCCOC(=O)C1C(C)=NC2=C(C(=O)CCC2)[C@@H]1c1ccccc1Br. The van der Waals surface area contributed by atoms with Gasteiger partial charge in [-0.15, -0.1) is 0 Å². The number of hydrogen-bond acceptors (Lipinski definition) is 5. The summed E-state index contributed by atoms with van der Waals surface area (Å²) in [4.78, 5) is 30.2. The number of benzene rings is 1. The fourth-order valence-corrected chi connectivity index (χ4v) is 4.22. The number of carbonyl (C=O) groups is 2. The number of halogens is 1. The van der Waals surface area contributed by atoms with Crippen molar-refractivity contribution in [3.05, 3.63) is 45.6 Å². The second-order valence-corrected chi connectivity index (χ2v) is 7.38. The number of methoxy groups -OCH3 is 1. The Morgan fingerprint density at radius 1 is 1.27 bits per heavy atom. The third-order valence-electron chi connectivity index (χ3n) is 4.86. The van der Waals surface area contributed by atoms with Gasteiger partial charge in [0.25, 0.3) is 0 Å². The Balaban J connectivity index is 2.06. The van der Waals surface area contributed by atoms with E-state index in [0.717, 1.165) is 28.6 Å². The third kappa shape index (κ3) is 3.67. The molecule has 1 aromatic rings. The maximum absolute atomic E-state index is 12.9. The predicted octanol–water partition coefficient (Wildman–Crippen LogP) is 3.82. The van der Waals surface area contributed by atoms with E-state index in [2.05, 4.69) is 20.9 Å². The smallest absolute Gasteiger partial charge is 0.315 e. The Morgan fingerprint density at radius 2 is 2.04 bits per heavy atom. The monoisotopic (exact) mass is 419 g/mol. The molecule has 2 aliphatic rings. The first kappa shape index (κ1) is 19.0. The van der Waals surface area contributed by atoms with E-state index in [4.69, 9.17) is 9.47 Å². The van der Waals surface area contributed by atoms with Crippen molar-refractivity contribution in [2.75, 3.05) is 20.3 Å². The maximum Gasteiger partial charge on any atom is 0.315 e. The molecule has 0 radical (unpaired) electrons. The summed E-state index contributed by atoms with van der Waals surface area (Å²) in [7, 11) is 1.56. The molecular formula is C20H22BrNO4. The summed E-state index contributed by atoms with van der Waals surface area (Å²) in [6.07, 6.45) is 2.07. The molecule has 0 saturated heterocycles. The number of allylic oxidation sites excluding steroid dienone is 2. The number of Topliss-reactive ketones (excluding diaryl/α,β-unsaturated/α-hetero) is 1. The highest BCUT2D eigenvalue weighted by Crippen LogP contribution is 2.45. The molecule has 0 fully saturated rings. The van der Waals surface area contributed by atoms with Gasteiger partial charge in [-0.3, -0.25) is 14.6 Å². The van der Waals surface area contributed by atoms with Gasteiger partial charge in [-0.2, -0.15) is 0 Å². The number of carbonyl (C=O) groups excluding carboxylic acids is 2. The third-order valence-corrected chi connectivity index (χ3v) is 5.58. The molecule has 0 amide bonds. The number of nitrogens with zero attached hydrogens (tertiary/aromatic N) is 1. The molecule has 3 rings (SSSR count). The average molecular weight is 420 g/mol. The molecular weight excluding hydrogens is 398 g/mol. The van der Waals surface area contributed by atoms with Crippen molar-refractivity contribution in [1.82, 2.24) is 0 Å². The van der Waals surface area contributed by atoms with Crippen LogP contribution >= 0.6 is 15.9 Å². The summed E-state index contributed by atoms with van der Waals surface area (Å²) in [5.74, 6) is -1.26. The maximum atomic E-state index is 12.9. The number of esters is 1. The van der Waals surface area contributed by atoms with Gasteiger partial charge in [0.15, 0.2) is 5.78 Å². The Kier molecular flexibility index (Phi) is 6.04. The van der Waals surface area contributed by atoms with Crippen molar-refractivity contribution in [3.8, 4) is 0 Å². The number of ether oxygens (including phenoxy) is 2. The molecule has 5 nitrogen and oxygen atoms in total. The zero-order valence-corrected chi connectivity index (χ0v) is 16.5. The molecule has 0 bridgehead atoms. The quantitative estimate of drug-likeness (QED) is 0.537. The van der Waals surface area contributed by atoms with Gasteiger partial charge in [-0.05, 0) is 31.4 Å². The molecule has 0 spiro atoms. The van der Waals surface area contributed by atoms with Crippen molar-refractivity contribution < 1.29 is 19.1 Å². The minimum Gasteiger partial charge on any atom is -0.463 e. The summed E-state index contributed by atoms with van der Waals surface area (Å²) in [5.41, 5.74) is 3.10. The Morgan fingerprint density at radius 3 is 2.77 bits per heavy atom. The van der Waals surface area contributed by atoms with E-state index in [1.54, 1.807) is 7.11 Å². The lowest BCUT2D eigenvalue weighted by Gasteiger charge is -2.34. The summed E-state index contributed by atoms with van der Waals surface area (Å²) in [5, 5.41) is 0. The average Bonchev–Trinajstić information content (AvgIpc) is 2.61. The number of aliphatic imine (C=N–C) groups is 1. The molecule has 0 aromatic heterocycles. The number of hydrogen-bond donors (Lipinski definition) is 0. The van der Waals surface area contributed by atoms with Gasteiger partial charge >= 0.3 is 5.97 Å². The standard InChI is InChI=1S/C20H22BrNO4/c1-12-17(20(24)26-11-10-25-2)18(13-6-3-4-7-14(13)21)19-15(22-12)8-5-9-16(19)23/h3-4,6-7,17-18H,5,8-11H2,1-2H3/t17?,18-/m1/s1. The van der Waals surface area contributed by atoms with Gasteiger partial charge in [0.1, 0.15) is 12.5 Å². The Hall–Kier alpha value is -1.79. The lowest BCUT2D eigenvalue weighted by Crippen LogP contribution is -2.37. The molecule has 0 saturated carbocycles. The second kappa shape index (κ2) is 8.27. The van der Waals surface area contributed by atoms with E-state index in [9.17, 15) is 9.59 Å². The predicted molar refractivity (Wildman–Crippen MR) is 102 cm³/mol. The summed E-state index contributed by atoms with van der Waals surface area (Å²) < 4.78 is 11.2. The Labute approximate surface area is 161 Å². The van der Waals surface area contributed by atoms with Crippen LogP contribution in [0.5, 0.6) is 0 Å². The zero-order chi connectivity index (χ0) is 18.7. The molecule has 1 aromatic carbocycles. The van der Waals surface area contributed by atoms with Crippen LogP contribution in [0.3, 0.4) is 0 Å². The molecule has 1 heterocycles. The van der Waals surface area contributed by atoms with E-state index in [1.807, 2.05) is 31.2 Å². The highest BCUT2D eigenvalue weighted by atomic mass is 79.9. The van der Waals surface area contributed by atoms with Crippen LogP contribution in [0, 0.1) is 5.92 Å². The van der Waals surface area contributed by atoms with Gasteiger partial charge in [0, 0.05) is 40.9 Å². The fraction of sp³-hybridized carbons (Fsp3) is 0.450. The van der Waals surface area contributed by atoms with Gasteiger partial charge in [-0.25, -0.2) is 0 Å². The molecule has 6 heteroatoms. The topological polar surface area (TPSA) is 65.0 Å². The zero-order valence-electron chi connectivity index (χ0n) is 15.0. The van der Waals surface area contributed by atoms with E-state index in [-0.39, 0.29) is 24.3 Å². The van der Waals surface area contributed by atoms with Crippen LogP contribution in [0.15, 0.2) is 45.0 Å². The highest BCUT2D eigenvalue weighted by molar-refractivity contribution is 9.10. The normalized spacial score (nSPS) is 22.7. The van der Waals surface area contributed by atoms with Crippen molar-refractivity contribution >= 4 is 33.4 Å². The minimum atomic E-state index is -0.605. The van der Waals surface area contributed by atoms with Gasteiger partial charge < -0.3 is 9.47 Å². The molecule has 26 heavy (non-hydrogen) atoms. The molecule has 1 unspecified atom stereocenters. The largest absolute Gasteiger partial charge is 0.463 e. The van der Waals surface area contributed by atoms with Crippen LogP contribution in [0.25, 0.3) is 0 Å². The number of ketones is 1. The van der Waals surface area contributed by atoms with Gasteiger partial charge in [-0.1, -0.05) is 34.1 Å². The first-order valence-corrected chi connectivity index (χ1v) is 9.55. The van der Waals surface area contributed by atoms with Crippen molar-refractivity contribution in [2.45, 2.75) is 32.1 Å². The van der Waals surface area contributed by atoms with Crippen molar-refractivity contribution in [2.24, 2.45) is 10.9 Å². The van der Waals surface area contributed by atoms with Crippen LogP contribution < -0.4 is 0 Å². The number of rotatable bonds is 5. The minimum absolute atomic E-state index is 0.0814. The molecule has 1 aliphatic heterocycles. The van der Waals surface area contributed by atoms with Crippen LogP contribution in [-0.4, -0.2) is 37.8 Å². The van der Waals surface area contributed by atoms with Gasteiger partial charge in [0.05, 0.1) is 6.61 Å². The van der Waals surface area contributed by atoms with Crippen LogP contribution in [0.1, 0.15) is 37.7 Å². The molecule has 1 aliphatic carbocycles. The van der Waals surface area contributed by atoms with Crippen LogP contribution in [0.2, 0.25) is 0 Å².